The summed E-state index contributed by atoms with van der Waals surface area (Å²) in [5.74, 6) is 1.62. The molecule has 0 aliphatic carbocycles. The molecule has 0 saturated carbocycles. The molecule has 0 aliphatic rings. The first-order valence-corrected chi connectivity index (χ1v) is 7.69. The lowest BCUT2D eigenvalue weighted by atomic mass is 10.1. The standard InChI is InChI=1S/C17H21NOS/c1-3-4-11-19-17-8-6-5-7-15(17)16-10-9-14(12-20)13(2)18-16/h5-10,20H,3-4,11-12H2,1-2H3. The van der Waals surface area contributed by atoms with Crippen LogP contribution in [0.2, 0.25) is 0 Å². The Hall–Kier alpha value is -1.48. The van der Waals surface area contributed by atoms with Gasteiger partial charge >= 0.3 is 0 Å². The number of hydrogen-bond donors (Lipinski definition) is 1. The van der Waals surface area contributed by atoms with Gasteiger partial charge in [-0.1, -0.05) is 31.5 Å². The van der Waals surface area contributed by atoms with Crippen LogP contribution in [-0.4, -0.2) is 11.6 Å². The van der Waals surface area contributed by atoms with Crippen LogP contribution in [0, 0.1) is 6.92 Å². The largest absolute Gasteiger partial charge is 0.493 e. The number of benzene rings is 1. The number of thiol groups is 1. The van der Waals surface area contributed by atoms with Crippen LogP contribution in [-0.2, 0) is 5.75 Å². The summed E-state index contributed by atoms with van der Waals surface area (Å²) in [5, 5.41) is 0. The van der Waals surface area contributed by atoms with Crippen LogP contribution in [0.25, 0.3) is 11.3 Å². The van der Waals surface area contributed by atoms with Gasteiger partial charge in [0.2, 0.25) is 0 Å². The molecule has 0 atom stereocenters. The van der Waals surface area contributed by atoms with Gasteiger partial charge in [0, 0.05) is 17.0 Å². The second kappa shape index (κ2) is 7.34. The van der Waals surface area contributed by atoms with Crippen LogP contribution in [0.5, 0.6) is 5.75 Å². The lowest BCUT2D eigenvalue weighted by Crippen LogP contribution is -1.99. The van der Waals surface area contributed by atoms with Crippen LogP contribution in [0.1, 0.15) is 31.0 Å². The summed E-state index contributed by atoms with van der Waals surface area (Å²) in [5.41, 5.74) is 4.21. The molecule has 2 rings (SSSR count). The Bertz CT molecular complexity index is 569. The van der Waals surface area contributed by atoms with Crippen molar-refractivity contribution in [3.8, 4) is 17.0 Å². The van der Waals surface area contributed by atoms with Crippen molar-refractivity contribution in [2.75, 3.05) is 6.61 Å². The van der Waals surface area contributed by atoms with Crippen molar-refractivity contribution in [1.82, 2.24) is 4.98 Å². The highest BCUT2D eigenvalue weighted by Crippen LogP contribution is 2.29. The molecule has 106 valence electrons. The van der Waals surface area contributed by atoms with Gasteiger partial charge in [0.1, 0.15) is 5.75 Å². The molecule has 0 aliphatic heterocycles. The van der Waals surface area contributed by atoms with E-state index in [1.165, 1.54) is 5.56 Å². The molecule has 2 aromatic rings. The van der Waals surface area contributed by atoms with Gasteiger partial charge in [0.15, 0.2) is 0 Å². The predicted molar refractivity (Wildman–Crippen MR) is 87.5 cm³/mol. The minimum absolute atomic E-state index is 0.716. The Morgan fingerprint density at radius 1 is 1.15 bits per heavy atom. The number of aryl methyl sites for hydroxylation is 1. The fourth-order valence-electron chi connectivity index (χ4n) is 2.04. The highest BCUT2D eigenvalue weighted by Gasteiger charge is 2.08. The van der Waals surface area contributed by atoms with E-state index >= 15 is 0 Å². The normalized spacial score (nSPS) is 10.6. The van der Waals surface area contributed by atoms with E-state index in [0.29, 0.717) is 5.75 Å². The van der Waals surface area contributed by atoms with Crippen molar-refractivity contribution in [3.63, 3.8) is 0 Å². The average molecular weight is 287 g/mol. The van der Waals surface area contributed by atoms with Crippen LogP contribution < -0.4 is 4.74 Å². The van der Waals surface area contributed by atoms with E-state index in [1.807, 2.05) is 31.2 Å². The van der Waals surface area contributed by atoms with E-state index in [9.17, 15) is 0 Å². The van der Waals surface area contributed by atoms with Crippen molar-refractivity contribution < 1.29 is 4.74 Å². The first-order chi connectivity index (χ1) is 9.76. The SMILES string of the molecule is CCCCOc1ccccc1-c1ccc(CS)c(C)n1. The maximum absolute atomic E-state index is 5.87. The minimum atomic E-state index is 0.716. The summed E-state index contributed by atoms with van der Waals surface area (Å²) in [7, 11) is 0. The van der Waals surface area contributed by atoms with Crippen molar-refractivity contribution in [2.24, 2.45) is 0 Å². The van der Waals surface area contributed by atoms with Crippen molar-refractivity contribution in [3.05, 3.63) is 47.7 Å². The summed E-state index contributed by atoms with van der Waals surface area (Å²) in [6, 6.07) is 12.2. The zero-order valence-electron chi connectivity index (χ0n) is 12.1. The fraction of sp³-hybridized carbons (Fsp3) is 0.353. The van der Waals surface area contributed by atoms with Gasteiger partial charge in [0.05, 0.1) is 12.3 Å². The molecule has 0 bridgehead atoms. The fourth-order valence-corrected chi connectivity index (χ4v) is 2.37. The van der Waals surface area contributed by atoms with Gasteiger partial charge in [0.25, 0.3) is 0 Å². The van der Waals surface area contributed by atoms with E-state index in [-0.39, 0.29) is 0 Å². The van der Waals surface area contributed by atoms with E-state index < -0.39 is 0 Å². The lowest BCUT2D eigenvalue weighted by molar-refractivity contribution is 0.310. The molecule has 20 heavy (non-hydrogen) atoms. The molecule has 1 aromatic carbocycles. The molecule has 3 heteroatoms. The third-order valence-electron chi connectivity index (χ3n) is 3.28. The predicted octanol–water partition coefficient (Wildman–Crippen LogP) is 4.67. The maximum atomic E-state index is 5.87. The molecule has 0 fully saturated rings. The van der Waals surface area contributed by atoms with Crippen LogP contribution in [0.4, 0.5) is 0 Å². The summed E-state index contributed by atoms with van der Waals surface area (Å²) in [6.45, 7) is 4.94. The first-order valence-electron chi connectivity index (χ1n) is 7.05. The van der Waals surface area contributed by atoms with Gasteiger partial charge in [-0.25, -0.2) is 0 Å². The second-order valence-electron chi connectivity index (χ2n) is 4.80. The van der Waals surface area contributed by atoms with Crippen LogP contribution in [0.15, 0.2) is 36.4 Å². The van der Waals surface area contributed by atoms with E-state index in [2.05, 4.69) is 36.7 Å². The zero-order valence-corrected chi connectivity index (χ0v) is 13.0. The summed E-state index contributed by atoms with van der Waals surface area (Å²) < 4.78 is 5.87. The van der Waals surface area contributed by atoms with Gasteiger partial charge in [-0.3, -0.25) is 4.98 Å². The molecule has 0 amide bonds. The van der Waals surface area contributed by atoms with E-state index in [1.54, 1.807) is 0 Å². The Morgan fingerprint density at radius 2 is 1.95 bits per heavy atom. The Balaban J connectivity index is 2.29. The molecule has 0 N–H and O–H groups in total. The number of para-hydroxylation sites is 1. The van der Waals surface area contributed by atoms with Gasteiger partial charge in [-0.05, 0) is 37.1 Å². The Morgan fingerprint density at radius 3 is 2.65 bits per heavy atom. The van der Waals surface area contributed by atoms with Crippen LogP contribution in [0.3, 0.4) is 0 Å². The third kappa shape index (κ3) is 3.54. The first kappa shape index (κ1) is 14.9. The number of pyridine rings is 1. The highest BCUT2D eigenvalue weighted by atomic mass is 32.1. The number of aromatic nitrogens is 1. The Kier molecular flexibility index (Phi) is 5.48. The monoisotopic (exact) mass is 287 g/mol. The average Bonchev–Trinajstić information content (AvgIpc) is 2.48. The number of ether oxygens (including phenoxy) is 1. The lowest BCUT2D eigenvalue weighted by Gasteiger charge is -2.12. The number of hydrogen-bond acceptors (Lipinski definition) is 3. The van der Waals surface area contributed by atoms with E-state index in [4.69, 9.17) is 4.74 Å². The van der Waals surface area contributed by atoms with Gasteiger partial charge in [-0.15, -0.1) is 0 Å². The summed E-state index contributed by atoms with van der Waals surface area (Å²) in [4.78, 5) is 4.67. The van der Waals surface area contributed by atoms with Crippen molar-refractivity contribution >= 4 is 12.6 Å². The molecular formula is C17H21NOS. The molecule has 0 saturated heterocycles. The second-order valence-corrected chi connectivity index (χ2v) is 5.11. The van der Waals surface area contributed by atoms with Gasteiger partial charge < -0.3 is 4.74 Å². The van der Waals surface area contributed by atoms with Crippen LogP contribution >= 0.6 is 12.6 Å². The quantitative estimate of drug-likeness (QED) is 0.616. The molecule has 0 radical (unpaired) electrons. The minimum Gasteiger partial charge on any atom is -0.493 e. The number of nitrogens with zero attached hydrogens (tertiary/aromatic N) is 1. The molecule has 2 nitrogen and oxygen atoms in total. The number of unbranched alkanes of at least 4 members (excludes halogenated alkanes) is 1. The smallest absolute Gasteiger partial charge is 0.128 e. The third-order valence-corrected chi connectivity index (χ3v) is 3.62. The molecule has 0 unspecified atom stereocenters. The van der Waals surface area contributed by atoms with Gasteiger partial charge in [-0.2, -0.15) is 12.6 Å². The number of rotatable bonds is 6. The molecule has 1 aromatic heterocycles. The summed E-state index contributed by atoms with van der Waals surface area (Å²) >= 11 is 4.31. The van der Waals surface area contributed by atoms with E-state index in [0.717, 1.165) is 42.1 Å². The highest BCUT2D eigenvalue weighted by molar-refractivity contribution is 7.79. The zero-order chi connectivity index (χ0) is 14.4. The molecular weight excluding hydrogens is 266 g/mol. The summed E-state index contributed by atoms with van der Waals surface area (Å²) in [6.07, 6.45) is 2.20. The Labute approximate surface area is 126 Å². The van der Waals surface area contributed by atoms with Crippen molar-refractivity contribution in [1.29, 1.82) is 0 Å². The van der Waals surface area contributed by atoms with Crippen molar-refractivity contribution in [2.45, 2.75) is 32.4 Å². The molecule has 1 heterocycles. The maximum Gasteiger partial charge on any atom is 0.128 e. The molecule has 0 spiro atoms. The topological polar surface area (TPSA) is 22.1 Å².